The zero-order valence-corrected chi connectivity index (χ0v) is 61.8. The van der Waals surface area contributed by atoms with Gasteiger partial charge in [-0.05, 0) is 79.0 Å². The zero-order chi connectivity index (χ0) is 82.3. The van der Waals surface area contributed by atoms with Gasteiger partial charge in [0.25, 0.3) is 0 Å². The number of carboxylic acids is 3. The number of primary amides is 2. The monoisotopic (exact) mass is 1540 g/mol. The van der Waals surface area contributed by atoms with Gasteiger partial charge in [-0.2, -0.15) is 0 Å². The highest BCUT2D eigenvalue weighted by molar-refractivity contribution is 6.01. The molecule has 0 saturated heterocycles. The van der Waals surface area contributed by atoms with Crippen LogP contribution in [0.5, 0.6) is 5.75 Å². The first-order valence-corrected chi connectivity index (χ1v) is 35.4. The summed E-state index contributed by atoms with van der Waals surface area (Å²) in [5.41, 5.74) is 18.5. The summed E-state index contributed by atoms with van der Waals surface area (Å²) in [6, 6.07) is 8.69. The molecule has 111 heavy (non-hydrogen) atoms. The van der Waals surface area contributed by atoms with E-state index in [9.17, 15) is 92.0 Å². The van der Waals surface area contributed by atoms with Gasteiger partial charge in [0.15, 0.2) is 0 Å². The van der Waals surface area contributed by atoms with Crippen molar-refractivity contribution >= 4 is 112 Å². The van der Waals surface area contributed by atoms with Crippen molar-refractivity contribution in [1.29, 1.82) is 0 Å². The van der Waals surface area contributed by atoms with Gasteiger partial charge in [-0.25, -0.2) is 0 Å². The van der Waals surface area contributed by atoms with Gasteiger partial charge in [0.1, 0.15) is 78.8 Å². The van der Waals surface area contributed by atoms with Crippen molar-refractivity contribution in [3.63, 3.8) is 0 Å². The summed E-state index contributed by atoms with van der Waals surface area (Å²) in [6.45, 7) is 8.14. The lowest BCUT2D eigenvalue weighted by Gasteiger charge is -2.29. The van der Waals surface area contributed by atoms with E-state index >= 15 is 4.79 Å². The molecule has 1 heterocycles. The summed E-state index contributed by atoms with van der Waals surface area (Å²) in [5, 5.41) is 69.0. The van der Waals surface area contributed by atoms with E-state index in [4.69, 9.17) is 22.3 Å². The molecular formula is C74H96N16O21. The summed E-state index contributed by atoms with van der Waals surface area (Å²) in [4.78, 5) is 232. The van der Waals surface area contributed by atoms with Gasteiger partial charge in [-0.1, -0.05) is 119 Å². The Morgan fingerprint density at radius 1 is 0.387 bits per heavy atom. The minimum Gasteiger partial charge on any atom is -0.508 e. The van der Waals surface area contributed by atoms with E-state index in [0.29, 0.717) is 27.6 Å². The lowest BCUT2D eigenvalue weighted by molar-refractivity contribution is -0.141. The standard InChI is InChI=1S/C74H96N16O21/c1-37(2)27-50(66(103)79-36-61(98)99)84-67(104)49(25-26-59(94)95)82-63(100)40(6)81-74(111)62(38(3)4)90-73(110)53(29-42-17-11-8-12-18-42)87-70(107)54(31-44-35-78-48-20-14-13-19-46(44)48)88-72(109)56(34-60(96)97)89-69(106)52(30-43-21-23-45(91)24-22-43)85-68(105)51(28-41-15-9-7-10-16-41)86-71(108)55(33-58(77)93)83-64(101)39(5)80-65(102)47(75)32-57(76)92/h7-24,35,37-40,47,49-56,62,78,91H,25-34,36,75H2,1-6H3,(H2,76,92)(H2,77,93)(H,79,103)(H,80,102)(H,81,111)(H,82,100)(H,83,101)(H,84,104)(H,85,105)(H,86,108)(H,87,107)(H,88,109)(H,89,106)(H,90,110)(H,94,95)(H,96,97)(H,98,99)/t39-,40-,47-,49-,50-,51-,52-,53-,54-,55-,56-,62-/m0/s1. The number of hydrogen-bond donors (Lipinski definition) is 20. The summed E-state index contributed by atoms with van der Waals surface area (Å²) in [7, 11) is 0. The molecule has 12 atom stereocenters. The minimum atomic E-state index is -2.09. The Morgan fingerprint density at radius 2 is 0.793 bits per heavy atom. The molecule has 0 unspecified atom stereocenters. The highest BCUT2D eigenvalue weighted by atomic mass is 16.4. The van der Waals surface area contributed by atoms with Crippen molar-refractivity contribution in [1.82, 2.24) is 68.8 Å². The molecule has 0 aliphatic heterocycles. The van der Waals surface area contributed by atoms with Gasteiger partial charge in [-0.3, -0.25) is 81.5 Å². The minimum absolute atomic E-state index is 0.0118. The molecule has 23 N–H and O–H groups in total. The topological polar surface area (TPSA) is 609 Å². The lowest BCUT2D eigenvalue weighted by Crippen LogP contribution is -2.62. The molecule has 0 bridgehead atoms. The molecule has 0 saturated carbocycles. The van der Waals surface area contributed by atoms with E-state index < -0.39 is 224 Å². The van der Waals surface area contributed by atoms with Crippen LogP contribution in [0.25, 0.3) is 10.9 Å². The maximum Gasteiger partial charge on any atom is 0.322 e. The smallest absolute Gasteiger partial charge is 0.322 e. The van der Waals surface area contributed by atoms with Gasteiger partial charge in [0.2, 0.25) is 82.7 Å². The van der Waals surface area contributed by atoms with Crippen molar-refractivity contribution in [3.05, 3.63) is 138 Å². The number of fused-ring (bicyclic) bond motifs is 1. The van der Waals surface area contributed by atoms with Crippen molar-refractivity contribution in [2.45, 2.75) is 178 Å². The fourth-order valence-electron chi connectivity index (χ4n) is 11.3. The van der Waals surface area contributed by atoms with Crippen LogP contribution >= 0.6 is 0 Å². The molecule has 4 aromatic carbocycles. The number of aromatic hydroxyl groups is 1. The average molecular weight is 1550 g/mol. The first-order chi connectivity index (χ1) is 52.4. The highest BCUT2D eigenvalue weighted by Gasteiger charge is 2.38. The van der Waals surface area contributed by atoms with Crippen LogP contribution in [0.3, 0.4) is 0 Å². The van der Waals surface area contributed by atoms with Crippen LogP contribution in [0.1, 0.15) is 102 Å². The predicted molar refractivity (Wildman–Crippen MR) is 396 cm³/mol. The predicted octanol–water partition coefficient (Wildman–Crippen LogP) is -3.16. The molecule has 0 aliphatic carbocycles. The quantitative estimate of drug-likeness (QED) is 0.0183. The molecule has 5 rings (SSSR count). The second-order valence-electron chi connectivity index (χ2n) is 27.2. The Bertz CT molecular complexity index is 4160. The molecular weight excluding hydrogens is 1450 g/mol. The number of carbonyl (C=O) groups is 17. The van der Waals surface area contributed by atoms with Gasteiger partial charge < -0.3 is 106 Å². The molecule has 37 heteroatoms. The van der Waals surface area contributed by atoms with E-state index in [1.54, 1.807) is 113 Å². The first-order valence-electron chi connectivity index (χ1n) is 35.4. The number of aromatic nitrogens is 1. The molecule has 5 aromatic rings. The fourth-order valence-corrected chi connectivity index (χ4v) is 11.3. The molecule has 14 amide bonds. The summed E-state index contributed by atoms with van der Waals surface area (Å²) < 4.78 is 0. The first kappa shape index (κ1) is 88.8. The third kappa shape index (κ3) is 30.0. The molecule has 0 fully saturated rings. The van der Waals surface area contributed by atoms with E-state index in [0.717, 1.165) is 0 Å². The maximum atomic E-state index is 15.2. The number of H-pyrrole nitrogens is 1. The number of phenols is 1. The zero-order valence-electron chi connectivity index (χ0n) is 61.8. The number of benzene rings is 4. The summed E-state index contributed by atoms with van der Waals surface area (Å²) in [5.74, 6) is -20.3. The third-order valence-corrected chi connectivity index (χ3v) is 17.2. The van der Waals surface area contributed by atoms with Gasteiger partial charge in [0.05, 0.1) is 25.3 Å². The summed E-state index contributed by atoms with van der Waals surface area (Å²) >= 11 is 0. The Kier molecular flexibility index (Phi) is 34.6. The van der Waals surface area contributed by atoms with Crippen molar-refractivity contribution in [2.24, 2.45) is 29.0 Å². The number of hydrogen-bond acceptors (Lipinski definition) is 19. The van der Waals surface area contributed by atoms with E-state index in [1.165, 1.54) is 44.3 Å². The number of nitrogens with one attached hydrogen (secondary N) is 13. The van der Waals surface area contributed by atoms with Crippen molar-refractivity contribution < 1.29 is 102 Å². The maximum absolute atomic E-state index is 15.2. The number of para-hydroxylation sites is 1. The van der Waals surface area contributed by atoms with Crippen LogP contribution in [-0.4, -0.2) is 205 Å². The number of phenolic OH excluding ortho intramolecular Hbond substituents is 1. The van der Waals surface area contributed by atoms with Crippen LogP contribution < -0.4 is 81.0 Å². The van der Waals surface area contributed by atoms with Crippen molar-refractivity contribution in [3.8, 4) is 5.75 Å². The van der Waals surface area contributed by atoms with E-state index in [-0.39, 0.29) is 42.9 Å². The SMILES string of the molecule is CC(C)C[C@H](NC(=O)[C@H](CCC(=O)O)NC(=O)[C@H](C)NC(=O)[C@@H](NC(=O)[C@H](Cc1ccccc1)NC(=O)[C@H](Cc1c[nH]c2ccccc12)NC(=O)[C@H](CC(=O)O)NC(=O)[C@H](Cc1ccc(O)cc1)NC(=O)[C@H](Cc1ccccc1)NC(=O)[C@H](CC(N)=O)NC(=O)[C@H](C)NC(=O)[C@@H](N)CC(N)=O)C(C)C)C(=O)NCC(=O)O. The van der Waals surface area contributed by atoms with E-state index in [1.807, 2.05) is 0 Å². The average Bonchev–Trinajstić information content (AvgIpc) is 1.72. The molecule has 1 aromatic heterocycles. The number of carbonyl (C=O) groups excluding carboxylic acids is 14. The highest BCUT2D eigenvalue weighted by Crippen LogP contribution is 2.21. The van der Waals surface area contributed by atoms with Gasteiger partial charge in [0, 0.05) is 49.2 Å². The Labute approximate surface area is 637 Å². The molecule has 0 radical (unpaired) electrons. The van der Waals surface area contributed by atoms with Crippen LogP contribution in [-0.2, 0) is 107 Å². The molecule has 0 aliphatic rings. The largest absolute Gasteiger partial charge is 0.508 e. The number of amides is 14. The number of aromatic amines is 1. The van der Waals surface area contributed by atoms with Crippen LogP contribution in [0.15, 0.2) is 115 Å². The van der Waals surface area contributed by atoms with Crippen molar-refractivity contribution in [2.75, 3.05) is 6.54 Å². The normalized spacial score (nSPS) is 14.3. The van der Waals surface area contributed by atoms with Crippen LogP contribution in [0.2, 0.25) is 0 Å². The lowest BCUT2D eigenvalue weighted by atomic mass is 9.99. The molecule has 0 spiro atoms. The van der Waals surface area contributed by atoms with Gasteiger partial charge >= 0.3 is 17.9 Å². The Hall–Kier alpha value is -12.8. The number of rotatable bonds is 45. The molecule has 37 nitrogen and oxygen atoms in total. The Morgan fingerprint density at radius 3 is 1.26 bits per heavy atom. The number of aliphatic carboxylic acids is 3. The van der Waals surface area contributed by atoms with Crippen LogP contribution in [0, 0.1) is 11.8 Å². The number of nitrogens with two attached hydrogens (primary N) is 3. The number of carboxylic acid groups (broad SMARTS) is 3. The second kappa shape index (κ2) is 43.2. The van der Waals surface area contributed by atoms with E-state index in [2.05, 4.69) is 68.8 Å². The third-order valence-electron chi connectivity index (χ3n) is 17.2. The second-order valence-corrected chi connectivity index (χ2v) is 27.2. The Balaban J connectivity index is 1.46. The van der Waals surface area contributed by atoms with Crippen LogP contribution in [0.4, 0.5) is 0 Å². The summed E-state index contributed by atoms with van der Waals surface area (Å²) in [6.07, 6.45) is -3.67. The fraction of sp³-hybridized carbons (Fsp3) is 0.419. The van der Waals surface area contributed by atoms with Gasteiger partial charge in [-0.15, -0.1) is 0 Å². The molecule has 598 valence electrons.